The number of fused-ring (bicyclic) bond motifs is 1. The molecule has 0 aliphatic heterocycles. The molecule has 0 spiro atoms. The fourth-order valence-electron chi connectivity index (χ4n) is 0.964. The van der Waals surface area contributed by atoms with Gasteiger partial charge in [0.1, 0.15) is 0 Å². The van der Waals surface area contributed by atoms with E-state index in [0.29, 0.717) is 0 Å². The van der Waals surface area contributed by atoms with E-state index < -0.39 is 0 Å². The molecule has 0 fully saturated rings. The van der Waals surface area contributed by atoms with Crippen LogP contribution in [0.4, 0.5) is 0 Å². The fourth-order valence-corrected chi connectivity index (χ4v) is 0.964. The monoisotopic (exact) mass is 271 g/mol. The van der Waals surface area contributed by atoms with Gasteiger partial charge in [0.15, 0.2) is 0 Å². The Morgan fingerprint density at radius 1 is 1.17 bits per heavy atom. The second kappa shape index (κ2) is 5.39. The molecular formula is C9H6BrNZn. The summed E-state index contributed by atoms with van der Waals surface area (Å²) in [6.07, 6.45) is 2.79. The van der Waals surface area contributed by atoms with Crippen molar-refractivity contribution in [2.45, 2.75) is 0 Å². The largest absolute Gasteiger partial charge is 0.386 e. The van der Waals surface area contributed by atoms with Gasteiger partial charge < -0.3 is 4.98 Å². The van der Waals surface area contributed by atoms with Crippen LogP contribution in [0.5, 0.6) is 0 Å². The molecule has 1 nitrogen and oxygen atoms in total. The molecule has 0 unspecified atom stereocenters. The van der Waals surface area contributed by atoms with Crippen molar-refractivity contribution in [3.05, 3.63) is 42.6 Å². The molecule has 2 rings (SSSR count). The van der Waals surface area contributed by atoms with Gasteiger partial charge in [-0.15, -0.1) is 5.39 Å². The quantitative estimate of drug-likeness (QED) is 0.531. The molecule has 3 heteroatoms. The molecule has 0 saturated heterocycles. The maximum Gasteiger partial charge on any atom is -0.0435 e. The average Bonchev–Trinajstić information content (AvgIpc) is 2.21. The molecule has 0 N–H and O–H groups in total. The smallest absolute Gasteiger partial charge is 0.0435 e. The number of benzene rings is 1. The number of aromatic nitrogens is 1. The standard InChI is InChI=1S/C9H6N.BrH.Zn/c1-2-6-9-8(4-1)5-3-7-10-9;;/h1-6H;1H;/q-1;;+2/p-1. The second-order valence-corrected chi connectivity index (χ2v) is 2.13. The molecular weight excluding hydrogens is 267 g/mol. The third kappa shape index (κ3) is 2.36. The van der Waals surface area contributed by atoms with Gasteiger partial charge in [0, 0.05) is 0 Å². The van der Waals surface area contributed by atoms with Crippen LogP contribution in [0.25, 0.3) is 10.9 Å². The molecule has 0 atom stereocenters. The minimum atomic E-state index is 1.00. The van der Waals surface area contributed by atoms with Gasteiger partial charge in [-0.2, -0.15) is 12.1 Å². The number of pyridine rings is 1. The zero-order valence-corrected chi connectivity index (χ0v) is 11.0. The summed E-state index contributed by atoms with van der Waals surface area (Å²) >= 11 is 4.25. The van der Waals surface area contributed by atoms with Crippen LogP contribution in [0.1, 0.15) is 0 Å². The molecule has 1 heterocycles. The molecule has 0 aliphatic rings. The Hall–Kier alpha value is -0.267. The molecule has 1 aromatic carbocycles. The number of hydrogen-bond donors (Lipinski definition) is 0. The van der Waals surface area contributed by atoms with Crippen molar-refractivity contribution in [1.82, 2.24) is 4.98 Å². The first-order chi connectivity index (χ1) is 5.97. The van der Waals surface area contributed by atoms with Crippen molar-refractivity contribution >= 4 is 24.5 Å². The Bertz CT molecular complexity index is 286. The molecule has 0 saturated carbocycles. The summed E-state index contributed by atoms with van der Waals surface area (Å²) in [5.41, 5.74) is 1.00. The predicted molar refractivity (Wildman–Crippen MR) is 49.5 cm³/mol. The summed E-state index contributed by atoms with van der Waals surface area (Å²) in [5.74, 6) is 0. The molecule has 0 aliphatic carbocycles. The van der Waals surface area contributed by atoms with Gasteiger partial charge in [-0.3, -0.25) is 0 Å². The number of hydrogen-bond acceptors (Lipinski definition) is 1. The number of rotatable bonds is 0. The van der Waals surface area contributed by atoms with Gasteiger partial charge in [-0.25, -0.2) is 0 Å². The van der Waals surface area contributed by atoms with Crippen LogP contribution in [0.3, 0.4) is 0 Å². The van der Waals surface area contributed by atoms with E-state index in [2.05, 4.69) is 24.8 Å². The minimum absolute atomic E-state index is 1.00. The van der Waals surface area contributed by atoms with Gasteiger partial charge in [-0.05, 0) is 5.52 Å². The Morgan fingerprint density at radius 2 is 1.92 bits per heavy atom. The van der Waals surface area contributed by atoms with E-state index in [1.165, 1.54) is 21.7 Å². The number of para-hydroxylation sites is 1. The Morgan fingerprint density at radius 3 is 2.67 bits per heavy atom. The van der Waals surface area contributed by atoms with Crippen molar-refractivity contribution < 1.29 is 16.3 Å². The van der Waals surface area contributed by atoms with Crippen molar-refractivity contribution in [1.29, 1.82) is 0 Å². The zero-order valence-electron chi connectivity index (χ0n) is 6.50. The molecule has 0 bridgehead atoms. The summed E-state index contributed by atoms with van der Waals surface area (Å²) in [7, 11) is 0. The van der Waals surface area contributed by atoms with Gasteiger partial charge in [0.2, 0.25) is 0 Å². The van der Waals surface area contributed by atoms with E-state index in [-0.39, 0.29) is 0 Å². The van der Waals surface area contributed by atoms with Crippen LogP contribution in [-0.4, -0.2) is 4.98 Å². The third-order valence-corrected chi connectivity index (χ3v) is 1.46. The van der Waals surface area contributed by atoms with E-state index in [9.17, 15) is 0 Å². The average molecular weight is 273 g/mol. The summed E-state index contributed by atoms with van der Waals surface area (Å²) < 4.78 is 0. The summed E-state index contributed by atoms with van der Waals surface area (Å²) in [6.45, 7) is 0. The van der Waals surface area contributed by atoms with E-state index in [0.717, 1.165) is 5.52 Å². The van der Waals surface area contributed by atoms with Crippen molar-refractivity contribution in [2.75, 3.05) is 0 Å². The van der Waals surface area contributed by atoms with E-state index in [1.807, 2.05) is 36.4 Å². The Kier molecular flexibility index (Phi) is 4.41. The molecule has 0 amide bonds. The van der Waals surface area contributed by atoms with Crippen LogP contribution < -0.4 is 0 Å². The normalized spacial score (nSPS) is 8.92. The Labute approximate surface area is 88.2 Å². The van der Waals surface area contributed by atoms with Crippen molar-refractivity contribution in [2.24, 2.45) is 0 Å². The maximum atomic E-state index is 4.06. The molecule has 56 valence electrons. The van der Waals surface area contributed by atoms with E-state index in [4.69, 9.17) is 0 Å². The predicted octanol–water partition coefficient (Wildman–Crippen LogP) is 2.88. The second-order valence-electron chi connectivity index (χ2n) is 2.13. The van der Waals surface area contributed by atoms with Crippen LogP contribution in [-0.2, 0) is 16.3 Å². The first-order valence-corrected chi connectivity index (χ1v) is 10.4. The van der Waals surface area contributed by atoms with Crippen molar-refractivity contribution in [3.8, 4) is 0 Å². The van der Waals surface area contributed by atoms with Crippen LogP contribution in [0.15, 0.2) is 36.4 Å². The van der Waals surface area contributed by atoms with Gasteiger partial charge >= 0.3 is 30.0 Å². The summed E-state index contributed by atoms with van der Waals surface area (Å²) in [6, 6.07) is 11.8. The topological polar surface area (TPSA) is 12.9 Å². The van der Waals surface area contributed by atoms with Crippen LogP contribution >= 0.6 is 13.6 Å². The SMILES string of the molecule is [Zn+][Br].[c-]1ccc2ccccc2n1. The summed E-state index contributed by atoms with van der Waals surface area (Å²) in [4.78, 5) is 4.06. The van der Waals surface area contributed by atoms with E-state index >= 15 is 0 Å². The van der Waals surface area contributed by atoms with Gasteiger partial charge in [0.25, 0.3) is 0 Å². The fraction of sp³-hybridized carbons (Fsp3) is 0. The Balaban J connectivity index is 0.000000336. The van der Waals surface area contributed by atoms with Gasteiger partial charge in [0.05, 0.1) is 0 Å². The van der Waals surface area contributed by atoms with Crippen LogP contribution in [0, 0.1) is 6.20 Å². The van der Waals surface area contributed by atoms with Gasteiger partial charge in [-0.1, -0.05) is 30.5 Å². The molecule has 2 aromatic rings. The molecule has 1 aromatic heterocycles. The van der Waals surface area contributed by atoms with Crippen LogP contribution in [0.2, 0.25) is 0 Å². The summed E-state index contributed by atoms with van der Waals surface area (Å²) in [5, 5.41) is 1.17. The number of nitrogens with zero attached hydrogens (tertiary/aromatic N) is 1. The maximum absolute atomic E-state index is 4.06. The van der Waals surface area contributed by atoms with Crippen molar-refractivity contribution in [3.63, 3.8) is 0 Å². The zero-order chi connectivity index (χ0) is 8.81. The van der Waals surface area contributed by atoms with E-state index in [1.54, 1.807) is 0 Å². The third-order valence-electron chi connectivity index (χ3n) is 1.46. The number of halogens is 1. The molecule has 12 heavy (non-hydrogen) atoms. The molecule has 0 radical (unpaired) electrons. The first kappa shape index (κ1) is 9.82. The minimum Gasteiger partial charge on any atom is -0.386 e. The first-order valence-electron chi connectivity index (χ1n) is 3.45.